The number of rotatable bonds is 6. The molecule has 1 unspecified atom stereocenters. The highest BCUT2D eigenvalue weighted by atomic mass is 16.7. The predicted octanol–water partition coefficient (Wildman–Crippen LogP) is 3.09. The van der Waals surface area contributed by atoms with Crippen molar-refractivity contribution >= 4 is 11.4 Å². The van der Waals surface area contributed by atoms with Crippen molar-refractivity contribution in [2.45, 2.75) is 25.8 Å². The quantitative estimate of drug-likeness (QED) is 0.485. The highest BCUT2D eigenvalue weighted by molar-refractivity contribution is 5.69. The van der Waals surface area contributed by atoms with E-state index in [1.165, 1.54) is 6.07 Å². The van der Waals surface area contributed by atoms with Crippen molar-refractivity contribution in [2.24, 2.45) is 0 Å². The van der Waals surface area contributed by atoms with Gasteiger partial charge in [0.25, 0.3) is 5.69 Å². The average Bonchev–Trinajstić information content (AvgIpc) is 2.82. The Morgan fingerprint density at radius 3 is 2.84 bits per heavy atom. The fourth-order valence-corrected chi connectivity index (χ4v) is 1.90. The van der Waals surface area contributed by atoms with Crippen LogP contribution >= 0.6 is 0 Å². The van der Waals surface area contributed by atoms with Crippen LogP contribution in [0.5, 0.6) is 11.5 Å². The summed E-state index contributed by atoms with van der Waals surface area (Å²) >= 11 is 0. The second kappa shape index (κ2) is 5.60. The molecule has 0 amide bonds. The van der Waals surface area contributed by atoms with E-state index in [4.69, 9.17) is 9.47 Å². The van der Waals surface area contributed by atoms with Gasteiger partial charge in [0.2, 0.25) is 6.79 Å². The van der Waals surface area contributed by atoms with E-state index >= 15 is 0 Å². The number of ether oxygens (including phenoxy) is 2. The number of benzene rings is 1. The van der Waals surface area contributed by atoms with E-state index in [1.54, 1.807) is 6.07 Å². The zero-order valence-electron chi connectivity index (χ0n) is 10.7. The van der Waals surface area contributed by atoms with Crippen molar-refractivity contribution in [3.05, 3.63) is 34.9 Å². The van der Waals surface area contributed by atoms with Crippen LogP contribution in [0.4, 0.5) is 11.4 Å². The van der Waals surface area contributed by atoms with E-state index < -0.39 is 4.92 Å². The number of fused-ring (bicyclic) bond motifs is 1. The number of nitro benzene ring substituents is 1. The summed E-state index contributed by atoms with van der Waals surface area (Å²) in [5.41, 5.74) is 0.445. The molecule has 1 N–H and O–H groups in total. The predicted molar refractivity (Wildman–Crippen MR) is 71.7 cm³/mol. The lowest BCUT2D eigenvalue weighted by molar-refractivity contribution is -0.384. The minimum absolute atomic E-state index is 0.00490. The first-order valence-corrected chi connectivity index (χ1v) is 6.07. The molecular weight excluding hydrogens is 248 g/mol. The van der Waals surface area contributed by atoms with E-state index in [0.717, 1.165) is 12.8 Å². The minimum atomic E-state index is -0.426. The van der Waals surface area contributed by atoms with Gasteiger partial charge in [-0.3, -0.25) is 10.1 Å². The zero-order valence-corrected chi connectivity index (χ0v) is 10.7. The molecule has 1 aromatic carbocycles. The number of nitrogens with one attached hydrogen (secondary N) is 1. The molecule has 102 valence electrons. The second-order valence-corrected chi connectivity index (χ2v) is 4.39. The van der Waals surface area contributed by atoms with Gasteiger partial charge in [0.1, 0.15) is 5.69 Å². The van der Waals surface area contributed by atoms with E-state index in [-0.39, 0.29) is 18.5 Å². The average molecular weight is 264 g/mol. The van der Waals surface area contributed by atoms with Crippen LogP contribution in [0.15, 0.2) is 24.8 Å². The van der Waals surface area contributed by atoms with Gasteiger partial charge in [-0.25, -0.2) is 0 Å². The largest absolute Gasteiger partial charge is 0.454 e. The first-order chi connectivity index (χ1) is 9.11. The smallest absolute Gasteiger partial charge is 0.296 e. The van der Waals surface area contributed by atoms with Gasteiger partial charge in [-0.05, 0) is 19.8 Å². The van der Waals surface area contributed by atoms with Crippen molar-refractivity contribution < 1.29 is 14.4 Å². The summed E-state index contributed by atoms with van der Waals surface area (Å²) in [6.07, 6.45) is 3.54. The summed E-state index contributed by atoms with van der Waals surface area (Å²) in [6, 6.07) is 3.12. The van der Waals surface area contributed by atoms with Gasteiger partial charge in [-0.1, -0.05) is 6.08 Å². The normalized spacial score (nSPS) is 13.9. The summed E-state index contributed by atoms with van der Waals surface area (Å²) in [5, 5.41) is 14.2. The van der Waals surface area contributed by atoms with Gasteiger partial charge >= 0.3 is 0 Å². The molecule has 0 fully saturated rings. The number of hydrogen-bond donors (Lipinski definition) is 1. The molecule has 6 heteroatoms. The Kier molecular flexibility index (Phi) is 3.89. The fraction of sp³-hybridized carbons (Fsp3) is 0.385. The molecule has 0 saturated heterocycles. The molecule has 19 heavy (non-hydrogen) atoms. The van der Waals surface area contributed by atoms with Crippen molar-refractivity contribution in [1.29, 1.82) is 0 Å². The highest BCUT2D eigenvalue weighted by Crippen LogP contribution is 2.40. The SMILES string of the molecule is C=CCCC(C)Nc1cc2c(cc1[N+](=O)[O-])OCO2. The lowest BCUT2D eigenvalue weighted by atomic mass is 10.1. The lowest BCUT2D eigenvalue weighted by Gasteiger charge is -2.14. The minimum Gasteiger partial charge on any atom is -0.454 e. The molecule has 0 radical (unpaired) electrons. The maximum atomic E-state index is 11.1. The monoisotopic (exact) mass is 264 g/mol. The third-order valence-electron chi connectivity index (χ3n) is 2.89. The van der Waals surface area contributed by atoms with Crippen molar-refractivity contribution in [1.82, 2.24) is 0 Å². The van der Waals surface area contributed by atoms with Crippen LogP contribution in [0.3, 0.4) is 0 Å². The number of nitrogens with zero attached hydrogens (tertiary/aromatic N) is 1. The maximum absolute atomic E-state index is 11.1. The molecule has 1 aromatic rings. The molecular formula is C13H16N2O4. The van der Waals surface area contributed by atoms with E-state index in [0.29, 0.717) is 17.2 Å². The molecule has 0 bridgehead atoms. The molecule has 0 spiro atoms. The molecule has 1 atom stereocenters. The Labute approximate surface area is 111 Å². The lowest BCUT2D eigenvalue weighted by Crippen LogP contribution is -2.15. The van der Waals surface area contributed by atoms with Crippen molar-refractivity contribution in [3.63, 3.8) is 0 Å². The van der Waals surface area contributed by atoms with Crippen LogP contribution in [0.25, 0.3) is 0 Å². The molecule has 6 nitrogen and oxygen atoms in total. The van der Waals surface area contributed by atoms with Gasteiger partial charge in [0, 0.05) is 12.1 Å². The van der Waals surface area contributed by atoms with Gasteiger partial charge in [-0.15, -0.1) is 6.58 Å². The second-order valence-electron chi connectivity index (χ2n) is 4.39. The Bertz CT molecular complexity index is 502. The summed E-state index contributed by atoms with van der Waals surface area (Å²) < 4.78 is 10.4. The first kappa shape index (κ1) is 13.2. The molecule has 1 aliphatic heterocycles. The summed E-state index contributed by atoms with van der Waals surface area (Å²) in [5.74, 6) is 0.944. The molecule has 2 rings (SSSR count). The molecule has 1 heterocycles. The highest BCUT2D eigenvalue weighted by Gasteiger charge is 2.23. The van der Waals surface area contributed by atoms with Crippen LogP contribution in [0, 0.1) is 10.1 Å². The molecule has 0 aliphatic carbocycles. The van der Waals surface area contributed by atoms with Gasteiger partial charge in [-0.2, -0.15) is 0 Å². The molecule has 0 saturated carbocycles. The maximum Gasteiger partial charge on any atom is 0.296 e. The summed E-state index contributed by atoms with van der Waals surface area (Å²) in [6.45, 7) is 5.73. The van der Waals surface area contributed by atoms with E-state index in [1.807, 2.05) is 13.0 Å². The van der Waals surface area contributed by atoms with Crippen LogP contribution in [-0.2, 0) is 0 Å². The van der Waals surface area contributed by atoms with E-state index in [9.17, 15) is 10.1 Å². The van der Waals surface area contributed by atoms with Gasteiger partial charge in [0.05, 0.1) is 11.0 Å². The molecule has 0 aromatic heterocycles. The number of hydrogen-bond acceptors (Lipinski definition) is 5. The summed E-state index contributed by atoms with van der Waals surface area (Å²) in [7, 11) is 0. The summed E-state index contributed by atoms with van der Waals surface area (Å²) in [4.78, 5) is 10.6. The first-order valence-electron chi connectivity index (χ1n) is 6.07. The van der Waals surface area contributed by atoms with Crippen LogP contribution in [-0.4, -0.2) is 17.8 Å². The molecule has 1 aliphatic rings. The standard InChI is InChI=1S/C13H16N2O4/c1-3-4-5-9(2)14-10-6-12-13(19-8-18-12)7-11(10)15(16)17/h3,6-7,9,14H,1,4-5,8H2,2H3. The van der Waals surface area contributed by atoms with Crippen molar-refractivity contribution in [3.8, 4) is 11.5 Å². The van der Waals surface area contributed by atoms with Crippen molar-refractivity contribution in [2.75, 3.05) is 12.1 Å². The Morgan fingerprint density at radius 1 is 1.53 bits per heavy atom. The number of anilines is 1. The Hall–Kier alpha value is -2.24. The van der Waals surface area contributed by atoms with Crippen LogP contribution in [0.1, 0.15) is 19.8 Å². The topological polar surface area (TPSA) is 73.6 Å². The fourth-order valence-electron chi connectivity index (χ4n) is 1.90. The zero-order chi connectivity index (χ0) is 13.8. The van der Waals surface area contributed by atoms with E-state index in [2.05, 4.69) is 11.9 Å². The third kappa shape index (κ3) is 2.96. The Balaban J connectivity index is 2.22. The van der Waals surface area contributed by atoms with Gasteiger partial charge < -0.3 is 14.8 Å². The Morgan fingerprint density at radius 2 is 2.21 bits per heavy atom. The number of allylic oxidation sites excluding steroid dienone is 1. The van der Waals surface area contributed by atoms with Gasteiger partial charge in [0.15, 0.2) is 11.5 Å². The van der Waals surface area contributed by atoms with Crippen LogP contribution in [0.2, 0.25) is 0 Å². The van der Waals surface area contributed by atoms with Crippen LogP contribution < -0.4 is 14.8 Å². The number of nitro groups is 1. The third-order valence-corrected chi connectivity index (χ3v) is 2.89.